The number of rotatable bonds is 10. The van der Waals surface area contributed by atoms with Crippen molar-refractivity contribution < 1.29 is 19.1 Å². The van der Waals surface area contributed by atoms with Crippen molar-refractivity contribution in [2.24, 2.45) is 10.8 Å². The molecule has 164 valence electrons. The van der Waals surface area contributed by atoms with E-state index in [1.807, 2.05) is 12.1 Å². The Morgan fingerprint density at radius 1 is 1.19 bits per heavy atom. The van der Waals surface area contributed by atoms with Crippen LogP contribution in [0.25, 0.3) is 0 Å². The van der Waals surface area contributed by atoms with Crippen molar-refractivity contribution in [2.75, 3.05) is 18.5 Å². The second kappa shape index (κ2) is 12.5. The molecule has 2 aromatic rings. The van der Waals surface area contributed by atoms with Crippen molar-refractivity contribution in [1.29, 1.82) is 0 Å². The largest absolute Gasteiger partial charge is 0.466 e. The van der Waals surface area contributed by atoms with Crippen LogP contribution in [-0.2, 0) is 20.7 Å². The highest BCUT2D eigenvalue weighted by molar-refractivity contribution is 9.10. The molecule has 0 fully saturated rings. The zero-order chi connectivity index (χ0) is 22.6. The summed E-state index contributed by atoms with van der Waals surface area (Å²) >= 11 is 3.41. The summed E-state index contributed by atoms with van der Waals surface area (Å²) < 4.78 is 5.59. The first-order valence-electron chi connectivity index (χ1n) is 9.53. The topological polar surface area (TPSA) is 135 Å². The molecule has 31 heavy (non-hydrogen) atoms. The smallest absolute Gasteiger partial charge is 0.306 e. The fourth-order valence-electron chi connectivity index (χ4n) is 2.59. The Morgan fingerprint density at radius 3 is 2.71 bits per heavy atom. The van der Waals surface area contributed by atoms with Crippen LogP contribution in [0.3, 0.4) is 0 Å². The highest BCUT2D eigenvalue weighted by atomic mass is 79.9. The number of carbonyl (C=O) groups is 3. The summed E-state index contributed by atoms with van der Waals surface area (Å²) in [6.45, 7) is 1.92. The Bertz CT molecular complexity index is 965. The fraction of sp³-hybridized carbons (Fsp3) is 0.238. The van der Waals surface area contributed by atoms with Gasteiger partial charge in [-0.15, -0.1) is 0 Å². The lowest BCUT2D eigenvalue weighted by Crippen LogP contribution is -2.32. The van der Waals surface area contributed by atoms with E-state index >= 15 is 0 Å². The van der Waals surface area contributed by atoms with E-state index in [9.17, 15) is 14.4 Å². The lowest BCUT2D eigenvalue weighted by molar-refractivity contribution is -0.143. The highest BCUT2D eigenvalue weighted by Gasteiger charge is 2.11. The summed E-state index contributed by atoms with van der Waals surface area (Å²) in [5.41, 5.74) is 4.68. The standard InChI is InChI=1S/C21H24BrN5O4/c1-2-31-20(29)9-7-14-6-8-18(17(22)10-14)27-19(28)12-24-21(30)15-4-3-5-16(11-15)25-13-26-23/h3-6,8,10-11,13H,2,7,9,12,23H2,1H3,(H,24,30)(H,25,26)(H,27,28). The van der Waals surface area contributed by atoms with Crippen LogP contribution >= 0.6 is 15.9 Å². The Kier molecular flexibility index (Phi) is 9.66. The number of nitrogens with two attached hydrogens (primary N) is 1. The summed E-state index contributed by atoms with van der Waals surface area (Å²) in [6.07, 6.45) is 2.11. The van der Waals surface area contributed by atoms with Crippen LogP contribution in [0.1, 0.15) is 29.3 Å². The summed E-state index contributed by atoms with van der Waals surface area (Å²) in [5, 5.41) is 5.30. The molecule has 0 unspecified atom stereocenters. The van der Waals surface area contributed by atoms with Gasteiger partial charge in [0.15, 0.2) is 0 Å². The van der Waals surface area contributed by atoms with Gasteiger partial charge in [-0.2, -0.15) is 0 Å². The van der Waals surface area contributed by atoms with Crippen LogP contribution < -0.4 is 21.9 Å². The second-order valence-corrected chi connectivity index (χ2v) is 7.18. The number of aryl methyl sites for hydroxylation is 1. The van der Waals surface area contributed by atoms with Gasteiger partial charge in [-0.25, -0.2) is 10.8 Å². The van der Waals surface area contributed by atoms with E-state index in [2.05, 4.69) is 37.0 Å². The first-order valence-corrected chi connectivity index (χ1v) is 10.3. The summed E-state index contributed by atoms with van der Waals surface area (Å²) in [5.74, 6) is 4.10. The van der Waals surface area contributed by atoms with Crippen LogP contribution in [0.15, 0.2) is 51.9 Å². The van der Waals surface area contributed by atoms with E-state index in [1.54, 1.807) is 37.3 Å². The van der Waals surface area contributed by atoms with E-state index in [0.717, 1.165) is 5.56 Å². The molecule has 5 N–H and O–H groups in total. The number of ether oxygens (including phenoxy) is 1. The Morgan fingerprint density at radius 2 is 2.00 bits per heavy atom. The van der Waals surface area contributed by atoms with Crippen LogP contribution in [0.4, 0.5) is 11.4 Å². The maximum absolute atomic E-state index is 12.3. The van der Waals surface area contributed by atoms with Crippen molar-refractivity contribution in [3.05, 3.63) is 58.1 Å². The van der Waals surface area contributed by atoms with Crippen molar-refractivity contribution in [3.8, 4) is 0 Å². The third-order valence-corrected chi connectivity index (χ3v) is 4.69. The van der Waals surface area contributed by atoms with Crippen LogP contribution in [0, 0.1) is 0 Å². The van der Waals surface area contributed by atoms with E-state index < -0.39 is 5.91 Å². The van der Waals surface area contributed by atoms with Crippen molar-refractivity contribution >= 4 is 51.4 Å². The van der Waals surface area contributed by atoms with Crippen LogP contribution in [0.5, 0.6) is 0 Å². The van der Waals surface area contributed by atoms with Gasteiger partial charge in [0.25, 0.3) is 5.91 Å². The second-order valence-electron chi connectivity index (χ2n) is 6.33. The maximum Gasteiger partial charge on any atom is 0.306 e. The van der Waals surface area contributed by atoms with Gasteiger partial charge in [-0.05, 0) is 65.2 Å². The van der Waals surface area contributed by atoms with E-state index in [0.29, 0.717) is 34.4 Å². The third-order valence-electron chi connectivity index (χ3n) is 4.04. The molecule has 0 aliphatic heterocycles. The number of carbonyl (C=O) groups excluding carboxylic acids is 3. The summed E-state index contributed by atoms with van der Waals surface area (Å²) in [6, 6.07) is 12.0. The molecule has 0 heterocycles. The minimum atomic E-state index is -0.402. The molecular formula is C21H24BrN5O4. The molecule has 0 aromatic heterocycles. The number of benzene rings is 2. The quantitative estimate of drug-likeness (QED) is 0.133. The number of amides is 2. The first-order chi connectivity index (χ1) is 14.9. The number of hydrogen-bond donors (Lipinski definition) is 4. The summed E-state index contributed by atoms with van der Waals surface area (Å²) in [4.78, 5) is 40.0. The average molecular weight is 490 g/mol. The van der Waals surface area contributed by atoms with Gasteiger partial charge < -0.3 is 20.8 Å². The Hall–Kier alpha value is -3.24. The third kappa shape index (κ3) is 8.19. The summed E-state index contributed by atoms with van der Waals surface area (Å²) in [7, 11) is 0. The molecule has 0 atom stereocenters. The number of halogens is 1. The number of aliphatic imine (C=N–C) groups is 1. The van der Waals surface area contributed by atoms with E-state index in [4.69, 9.17) is 10.6 Å². The predicted molar refractivity (Wildman–Crippen MR) is 122 cm³/mol. The van der Waals surface area contributed by atoms with E-state index in [1.165, 1.54) is 6.34 Å². The lowest BCUT2D eigenvalue weighted by atomic mass is 10.1. The van der Waals surface area contributed by atoms with Gasteiger partial charge in [-0.1, -0.05) is 12.1 Å². The SMILES string of the molecule is CCOC(=O)CCc1ccc(NC(=O)CNC(=O)c2cccc(N=CNN)c2)c(Br)c1. The number of nitrogens with one attached hydrogen (secondary N) is 3. The zero-order valence-corrected chi connectivity index (χ0v) is 18.6. The molecule has 10 heteroatoms. The molecule has 0 spiro atoms. The predicted octanol–water partition coefficient (Wildman–Crippen LogP) is 2.44. The van der Waals surface area contributed by atoms with Crippen LogP contribution in [-0.4, -0.2) is 37.3 Å². The van der Waals surface area contributed by atoms with Gasteiger partial charge in [0.05, 0.1) is 24.5 Å². The zero-order valence-electron chi connectivity index (χ0n) is 17.0. The molecule has 9 nitrogen and oxygen atoms in total. The van der Waals surface area contributed by atoms with Crippen LogP contribution in [0.2, 0.25) is 0 Å². The number of anilines is 1. The van der Waals surface area contributed by atoms with Crippen molar-refractivity contribution in [2.45, 2.75) is 19.8 Å². The van der Waals surface area contributed by atoms with Gasteiger partial charge in [0.2, 0.25) is 5.91 Å². The average Bonchev–Trinajstić information content (AvgIpc) is 2.76. The van der Waals surface area contributed by atoms with Crippen molar-refractivity contribution in [1.82, 2.24) is 10.7 Å². The molecular weight excluding hydrogens is 466 g/mol. The molecule has 0 aliphatic carbocycles. The Labute approximate surface area is 188 Å². The fourth-order valence-corrected chi connectivity index (χ4v) is 3.12. The molecule has 0 radical (unpaired) electrons. The van der Waals surface area contributed by atoms with Crippen molar-refractivity contribution in [3.63, 3.8) is 0 Å². The lowest BCUT2D eigenvalue weighted by Gasteiger charge is -2.10. The number of nitrogens with zero attached hydrogens (tertiary/aromatic N) is 1. The van der Waals surface area contributed by atoms with Gasteiger partial charge in [-0.3, -0.25) is 14.4 Å². The molecule has 0 saturated carbocycles. The minimum Gasteiger partial charge on any atom is -0.466 e. The van der Waals surface area contributed by atoms with Gasteiger partial charge in [0, 0.05) is 16.5 Å². The molecule has 2 rings (SSSR count). The molecule has 0 bridgehead atoms. The molecule has 0 aliphatic rings. The van der Waals surface area contributed by atoms with E-state index in [-0.39, 0.29) is 24.8 Å². The molecule has 2 aromatic carbocycles. The number of hydrogen-bond acceptors (Lipinski definition) is 6. The molecule has 0 saturated heterocycles. The molecule has 2 amide bonds. The normalized spacial score (nSPS) is 10.5. The Balaban J connectivity index is 1.87. The van der Waals surface area contributed by atoms with Gasteiger partial charge in [0.1, 0.15) is 6.34 Å². The van der Waals surface area contributed by atoms with Gasteiger partial charge >= 0.3 is 5.97 Å². The highest BCUT2D eigenvalue weighted by Crippen LogP contribution is 2.24. The number of hydrazine groups is 1. The maximum atomic E-state index is 12.3. The first kappa shape index (κ1) is 24.0. The monoisotopic (exact) mass is 489 g/mol. The minimum absolute atomic E-state index is 0.201. The number of esters is 1.